The highest BCUT2D eigenvalue weighted by Crippen LogP contribution is 2.36. The Balaban J connectivity index is 2.11. The fraction of sp³-hybridized carbons (Fsp3) is 0.222. The second-order valence-electron chi connectivity index (χ2n) is 5.41. The van der Waals surface area contributed by atoms with Crippen LogP contribution in [0.25, 0.3) is 0 Å². The van der Waals surface area contributed by atoms with Crippen LogP contribution in [0.15, 0.2) is 41.5 Å². The maximum atomic E-state index is 12.0. The predicted molar refractivity (Wildman–Crippen MR) is 100 cm³/mol. The van der Waals surface area contributed by atoms with Crippen LogP contribution in [-0.4, -0.2) is 25.3 Å². The quantitative estimate of drug-likeness (QED) is 0.590. The summed E-state index contributed by atoms with van der Waals surface area (Å²) in [4.78, 5) is 12.0. The molecule has 25 heavy (non-hydrogen) atoms. The van der Waals surface area contributed by atoms with Gasteiger partial charge in [0.15, 0.2) is 11.5 Å². The maximum absolute atomic E-state index is 12.0. The first-order valence-electron chi connectivity index (χ1n) is 7.54. The zero-order valence-corrected chi connectivity index (χ0v) is 15.6. The van der Waals surface area contributed by atoms with E-state index in [4.69, 9.17) is 32.7 Å². The van der Waals surface area contributed by atoms with Crippen molar-refractivity contribution in [3.63, 3.8) is 0 Å². The van der Waals surface area contributed by atoms with E-state index in [-0.39, 0.29) is 12.0 Å². The number of nitrogens with one attached hydrogen (secondary N) is 1. The molecular weight excluding hydrogens is 363 g/mol. The van der Waals surface area contributed by atoms with Gasteiger partial charge in [0.05, 0.1) is 24.5 Å². The summed E-state index contributed by atoms with van der Waals surface area (Å²) in [5.41, 5.74) is 3.56. The molecule has 0 aliphatic rings. The Morgan fingerprint density at radius 3 is 2.48 bits per heavy atom. The van der Waals surface area contributed by atoms with Crippen molar-refractivity contribution in [1.29, 1.82) is 0 Å². The Kier molecular flexibility index (Phi) is 6.67. The van der Waals surface area contributed by atoms with Crippen LogP contribution in [0, 0.1) is 0 Å². The van der Waals surface area contributed by atoms with Gasteiger partial charge in [0.1, 0.15) is 0 Å². The van der Waals surface area contributed by atoms with E-state index in [1.54, 1.807) is 36.4 Å². The number of hydrogen-bond acceptors (Lipinski definition) is 4. The first kappa shape index (κ1) is 19.1. The third-order valence-electron chi connectivity index (χ3n) is 3.09. The number of amides is 1. The summed E-state index contributed by atoms with van der Waals surface area (Å²) in [6.07, 6.45) is 1.44. The number of methoxy groups -OCH3 is 1. The molecule has 0 saturated carbocycles. The fourth-order valence-corrected chi connectivity index (χ4v) is 2.39. The molecule has 2 rings (SSSR count). The lowest BCUT2D eigenvalue weighted by molar-refractivity contribution is 0.0955. The highest BCUT2D eigenvalue weighted by molar-refractivity contribution is 6.32. The zero-order valence-electron chi connectivity index (χ0n) is 14.0. The number of rotatable bonds is 6. The molecule has 0 heterocycles. The van der Waals surface area contributed by atoms with Crippen LogP contribution < -0.4 is 14.9 Å². The molecule has 2 aromatic carbocycles. The average molecular weight is 381 g/mol. The summed E-state index contributed by atoms with van der Waals surface area (Å²) in [5, 5.41) is 4.90. The van der Waals surface area contributed by atoms with Crippen molar-refractivity contribution >= 4 is 35.3 Å². The Morgan fingerprint density at radius 1 is 1.20 bits per heavy atom. The molecule has 132 valence electrons. The van der Waals surface area contributed by atoms with Crippen molar-refractivity contribution in [2.45, 2.75) is 20.0 Å². The van der Waals surface area contributed by atoms with E-state index in [0.717, 1.165) is 0 Å². The van der Waals surface area contributed by atoms with Crippen LogP contribution in [0.3, 0.4) is 0 Å². The molecule has 7 heteroatoms. The van der Waals surface area contributed by atoms with Crippen LogP contribution in [0.5, 0.6) is 11.5 Å². The third kappa shape index (κ3) is 5.37. The number of benzene rings is 2. The van der Waals surface area contributed by atoms with E-state index in [1.165, 1.54) is 13.3 Å². The summed E-state index contributed by atoms with van der Waals surface area (Å²) >= 11 is 12.0. The minimum atomic E-state index is -0.342. The zero-order chi connectivity index (χ0) is 18.4. The van der Waals surface area contributed by atoms with E-state index in [0.29, 0.717) is 32.7 Å². The number of carbonyl (C=O) groups is 1. The van der Waals surface area contributed by atoms with Crippen LogP contribution >= 0.6 is 23.2 Å². The SMILES string of the molecule is COc1cc(/C=N\NC(=O)c2ccc(Cl)cc2)cc(Cl)c1OC(C)C. The standard InChI is InChI=1S/C18H18Cl2N2O3/c1-11(2)25-17-15(20)8-12(9-16(17)24-3)10-21-22-18(23)13-4-6-14(19)7-5-13/h4-11H,1-3H3,(H,22,23)/b21-10-. The molecular formula is C18H18Cl2N2O3. The molecule has 1 amide bonds. The molecule has 2 aromatic rings. The fourth-order valence-electron chi connectivity index (χ4n) is 2.00. The summed E-state index contributed by atoms with van der Waals surface area (Å²) in [7, 11) is 1.53. The van der Waals surface area contributed by atoms with Gasteiger partial charge in [0.2, 0.25) is 0 Å². The third-order valence-corrected chi connectivity index (χ3v) is 3.62. The second-order valence-corrected chi connectivity index (χ2v) is 6.25. The van der Waals surface area contributed by atoms with Crippen LogP contribution in [0.1, 0.15) is 29.8 Å². The smallest absolute Gasteiger partial charge is 0.271 e. The molecule has 5 nitrogen and oxygen atoms in total. The molecule has 0 aliphatic heterocycles. The Bertz CT molecular complexity index is 775. The van der Waals surface area contributed by atoms with E-state index >= 15 is 0 Å². The lowest BCUT2D eigenvalue weighted by Crippen LogP contribution is -2.17. The number of ether oxygens (including phenoxy) is 2. The Hall–Kier alpha value is -2.24. The van der Waals surface area contributed by atoms with Gasteiger partial charge in [0.25, 0.3) is 5.91 Å². The maximum Gasteiger partial charge on any atom is 0.271 e. The van der Waals surface area contributed by atoms with Crippen molar-refractivity contribution in [1.82, 2.24) is 5.43 Å². The molecule has 0 fully saturated rings. The van der Waals surface area contributed by atoms with E-state index < -0.39 is 0 Å². The second kappa shape index (κ2) is 8.74. The topological polar surface area (TPSA) is 59.9 Å². The minimum Gasteiger partial charge on any atom is -0.493 e. The van der Waals surface area contributed by atoms with Crippen molar-refractivity contribution in [3.05, 3.63) is 57.6 Å². The minimum absolute atomic E-state index is 0.0374. The number of nitrogens with zero attached hydrogens (tertiary/aromatic N) is 1. The van der Waals surface area contributed by atoms with Gasteiger partial charge in [-0.25, -0.2) is 5.43 Å². The van der Waals surface area contributed by atoms with Crippen molar-refractivity contribution in [2.24, 2.45) is 5.10 Å². The normalized spacial score (nSPS) is 11.0. The molecule has 0 aromatic heterocycles. The monoisotopic (exact) mass is 380 g/mol. The van der Waals surface area contributed by atoms with Gasteiger partial charge in [-0.15, -0.1) is 0 Å². The number of halogens is 2. The van der Waals surface area contributed by atoms with Gasteiger partial charge in [-0.1, -0.05) is 23.2 Å². The first-order valence-corrected chi connectivity index (χ1v) is 8.29. The van der Waals surface area contributed by atoms with Crippen molar-refractivity contribution in [2.75, 3.05) is 7.11 Å². The summed E-state index contributed by atoms with van der Waals surface area (Å²) in [5.74, 6) is 0.624. The summed E-state index contributed by atoms with van der Waals surface area (Å²) < 4.78 is 11.0. The molecule has 1 N–H and O–H groups in total. The van der Waals surface area contributed by atoms with Crippen LogP contribution in [0.4, 0.5) is 0 Å². The number of carbonyl (C=O) groups excluding carboxylic acids is 1. The lowest BCUT2D eigenvalue weighted by Gasteiger charge is -2.15. The summed E-state index contributed by atoms with van der Waals surface area (Å²) in [6.45, 7) is 3.80. The molecule has 0 radical (unpaired) electrons. The molecule has 0 saturated heterocycles. The lowest BCUT2D eigenvalue weighted by atomic mass is 10.2. The Morgan fingerprint density at radius 2 is 1.88 bits per heavy atom. The number of hydrogen-bond donors (Lipinski definition) is 1. The molecule has 0 bridgehead atoms. The Labute approximate surface area is 156 Å². The number of hydrazone groups is 1. The van der Waals surface area contributed by atoms with Crippen molar-refractivity contribution in [3.8, 4) is 11.5 Å². The predicted octanol–water partition coefficient (Wildman–Crippen LogP) is 4.55. The summed E-state index contributed by atoms with van der Waals surface area (Å²) in [6, 6.07) is 9.91. The van der Waals surface area contributed by atoms with Gasteiger partial charge < -0.3 is 9.47 Å². The average Bonchev–Trinajstić information content (AvgIpc) is 2.57. The van der Waals surface area contributed by atoms with Crippen LogP contribution in [-0.2, 0) is 0 Å². The van der Waals surface area contributed by atoms with Crippen LogP contribution in [0.2, 0.25) is 10.0 Å². The molecule has 0 atom stereocenters. The highest BCUT2D eigenvalue weighted by atomic mass is 35.5. The van der Waals surface area contributed by atoms with E-state index in [1.807, 2.05) is 13.8 Å². The van der Waals surface area contributed by atoms with E-state index in [2.05, 4.69) is 10.5 Å². The van der Waals surface area contributed by atoms with Gasteiger partial charge >= 0.3 is 0 Å². The van der Waals surface area contributed by atoms with Gasteiger partial charge in [-0.2, -0.15) is 5.10 Å². The molecule has 0 unspecified atom stereocenters. The van der Waals surface area contributed by atoms with Gasteiger partial charge in [0, 0.05) is 10.6 Å². The van der Waals surface area contributed by atoms with E-state index in [9.17, 15) is 4.79 Å². The van der Waals surface area contributed by atoms with Gasteiger partial charge in [-0.3, -0.25) is 4.79 Å². The first-order chi connectivity index (χ1) is 11.9. The highest BCUT2D eigenvalue weighted by Gasteiger charge is 2.13. The van der Waals surface area contributed by atoms with Crippen molar-refractivity contribution < 1.29 is 14.3 Å². The molecule has 0 spiro atoms. The molecule has 0 aliphatic carbocycles. The van der Waals surface area contributed by atoms with Gasteiger partial charge in [-0.05, 0) is 55.8 Å². The largest absolute Gasteiger partial charge is 0.493 e.